The number of halogens is 1. The maximum Gasteiger partial charge on any atom is 0.312 e. The van der Waals surface area contributed by atoms with Gasteiger partial charge in [-0.3, -0.25) is 14.4 Å². The third-order valence-corrected chi connectivity index (χ3v) is 4.39. The molecule has 150 valence electrons. The average molecular weight is 397 g/mol. The third kappa shape index (κ3) is 5.25. The number of ether oxygens (including phenoxy) is 1. The summed E-state index contributed by atoms with van der Waals surface area (Å²) in [6.07, 6.45) is -0.630. The van der Waals surface area contributed by atoms with Gasteiger partial charge < -0.3 is 10.1 Å². The number of H-pyrrole nitrogens is 1. The van der Waals surface area contributed by atoms with Gasteiger partial charge in [-0.1, -0.05) is 30.3 Å². The second-order valence-corrected chi connectivity index (χ2v) is 6.52. The monoisotopic (exact) mass is 397 g/mol. The van der Waals surface area contributed by atoms with Gasteiger partial charge in [-0.2, -0.15) is 5.10 Å². The van der Waals surface area contributed by atoms with Crippen LogP contribution in [0.2, 0.25) is 0 Å². The highest BCUT2D eigenvalue weighted by molar-refractivity contribution is 5.88. The number of esters is 1. The van der Waals surface area contributed by atoms with E-state index in [4.69, 9.17) is 4.74 Å². The number of carbonyl (C=O) groups excluding carboxylic acids is 2. The van der Waals surface area contributed by atoms with Crippen molar-refractivity contribution in [1.29, 1.82) is 0 Å². The molecule has 0 aliphatic carbocycles. The van der Waals surface area contributed by atoms with Crippen LogP contribution in [0.4, 0.5) is 4.39 Å². The molecule has 1 amide bonds. The lowest BCUT2D eigenvalue weighted by Gasteiger charge is -2.14. The molecule has 0 unspecified atom stereocenters. The standard InChI is InChI=1S/C21H20FN3O4/c1-13(20(27)23-11-10-14-6-8-15(22)9-7-14)29-19(26)12-18-16-4-2-3-5-17(16)21(28)25-24-18/h2-9,13H,10-12H2,1H3,(H,23,27)(H,25,28)/t13-/m1/s1. The normalized spacial score (nSPS) is 11.8. The van der Waals surface area contributed by atoms with Crippen LogP contribution in [-0.4, -0.2) is 34.7 Å². The summed E-state index contributed by atoms with van der Waals surface area (Å²) in [6, 6.07) is 12.8. The zero-order valence-corrected chi connectivity index (χ0v) is 15.8. The molecule has 0 aliphatic rings. The first-order chi connectivity index (χ1) is 13.9. The summed E-state index contributed by atoms with van der Waals surface area (Å²) < 4.78 is 18.1. The summed E-state index contributed by atoms with van der Waals surface area (Å²) in [4.78, 5) is 36.1. The Labute approximate surface area is 165 Å². The molecule has 8 heteroatoms. The van der Waals surface area contributed by atoms with E-state index in [1.165, 1.54) is 19.1 Å². The molecule has 3 rings (SSSR count). The molecule has 0 spiro atoms. The summed E-state index contributed by atoms with van der Waals surface area (Å²) in [7, 11) is 0. The molecule has 1 heterocycles. The Balaban J connectivity index is 1.52. The van der Waals surface area contributed by atoms with E-state index in [0.717, 1.165) is 5.56 Å². The molecule has 2 aromatic carbocycles. The minimum Gasteiger partial charge on any atom is -0.452 e. The van der Waals surface area contributed by atoms with Crippen LogP contribution in [0.15, 0.2) is 53.3 Å². The fourth-order valence-electron chi connectivity index (χ4n) is 2.86. The molecule has 0 radical (unpaired) electrons. The molecule has 7 nitrogen and oxygen atoms in total. The number of amides is 1. The quantitative estimate of drug-likeness (QED) is 0.593. The van der Waals surface area contributed by atoms with Gasteiger partial charge in [0, 0.05) is 11.9 Å². The molecule has 0 aliphatic heterocycles. The van der Waals surface area contributed by atoms with E-state index in [0.29, 0.717) is 29.4 Å². The van der Waals surface area contributed by atoms with Gasteiger partial charge in [0.05, 0.1) is 17.5 Å². The van der Waals surface area contributed by atoms with Crippen molar-refractivity contribution in [2.75, 3.05) is 6.54 Å². The van der Waals surface area contributed by atoms with Gasteiger partial charge >= 0.3 is 5.97 Å². The van der Waals surface area contributed by atoms with E-state index in [1.54, 1.807) is 36.4 Å². The average Bonchev–Trinajstić information content (AvgIpc) is 2.71. The van der Waals surface area contributed by atoms with Crippen LogP contribution in [0.1, 0.15) is 18.2 Å². The van der Waals surface area contributed by atoms with Gasteiger partial charge in [-0.15, -0.1) is 0 Å². The molecule has 0 saturated heterocycles. The number of aromatic nitrogens is 2. The number of benzene rings is 2. The summed E-state index contributed by atoms with van der Waals surface area (Å²) in [5, 5.41) is 9.94. The number of hydrogen-bond acceptors (Lipinski definition) is 5. The lowest BCUT2D eigenvalue weighted by Crippen LogP contribution is -2.37. The lowest BCUT2D eigenvalue weighted by atomic mass is 10.1. The fourth-order valence-corrected chi connectivity index (χ4v) is 2.86. The molecule has 2 N–H and O–H groups in total. The number of nitrogens with zero attached hydrogens (tertiary/aromatic N) is 1. The second-order valence-electron chi connectivity index (χ2n) is 6.52. The molecule has 1 atom stereocenters. The number of aromatic amines is 1. The van der Waals surface area contributed by atoms with Crippen LogP contribution in [0.25, 0.3) is 10.8 Å². The van der Waals surface area contributed by atoms with Crippen molar-refractivity contribution < 1.29 is 18.7 Å². The Bertz CT molecular complexity index is 1080. The first-order valence-electron chi connectivity index (χ1n) is 9.12. The summed E-state index contributed by atoms with van der Waals surface area (Å²) in [5.41, 5.74) is 0.910. The number of carbonyl (C=O) groups is 2. The predicted octanol–water partition coefficient (Wildman–Crippen LogP) is 1.90. The highest BCUT2D eigenvalue weighted by Gasteiger charge is 2.19. The van der Waals surface area contributed by atoms with Crippen molar-refractivity contribution in [3.05, 3.63) is 76.0 Å². The van der Waals surface area contributed by atoms with Crippen molar-refractivity contribution in [2.45, 2.75) is 25.9 Å². The molecule has 1 aromatic heterocycles. The van der Waals surface area contributed by atoms with E-state index < -0.39 is 18.0 Å². The minimum absolute atomic E-state index is 0.176. The fraction of sp³-hybridized carbons (Fsp3) is 0.238. The van der Waals surface area contributed by atoms with E-state index >= 15 is 0 Å². The van der Waals surface area contributed by atoms with Gasteiger partial charge in [0.15, 0.2) is 6.10 Å². The Morgan fingerprint density at radius 2 is 1.83 bits per heavy atom. The van der Waals surface area contributed by atoms with Gasteiger partial charge in [0.1, 0.15) is 5.82 Å². The van der Waals surface area contributed by atoms with Crippen molar-refractivity contribution in [1.82, 2.24) is 15.5 Å². The number of rotatable bonds is 7. The van der Waals surface area contributed by atoms with Gasteiger partial charge in [0.2, 0.25) is 0 Å². The minimum atomic E-state index is -0.982. The predicted molar refractivity (Wildman–Crippen MR) is 105 cm³/mol. The molecule has 0 saturated carbocycles. The Hall–Kier alpha value is -3.55. The van der Waals surface area contributed by atoms with Gasteiger partial charge in [0.25, 0.3) is 11.5 Å². The molecule has 3 aromatic rings. The second kappa shape index (κ2) is 9.09. The first kappa shape index (κ1) is 20.2. The van der Waals surface area contributed by atoms with Crippen LogP contribution in [0, 0.1) is 5.82 Å². The van der Waals surface area contributed by atoms with Crippen LogP contribution < -0.4 is 10.9 Å². The third-order valence-electron chi connectivity index (χ3n) is 4.39. The lowest BCUT2D eigenvalue weighted by molar-refractivity contribution is -0.154. The Morgan fingerprint density at radius 3 is 2.55 bits per heavy atom. The highest BCUT2D eigenvalue weighted by atomic mass is 19.1. The molecule has 0 bridgehead atoms. The zero-order valence-electron chi connectivity index (χ0n) is 15.8. The number of nitrogens with one attached hydrogen (secondary N) is 2. The van der Waals surface area contributed by atoms with E-state index in [2.05, 4.69) is 15.5 Å². The summed E-state index contributed by atoms with van der Waals surface area (Å²) in [6.45, 7) is 1.81. The zero-order chi connectivity index (χ0) is 20.8. The van der Waals surface area contributed by atoms with Crippen LogP contribution in [0.5, 0.6) is 0 Å². The summed E-state index contributed by atoms with van der Waals surface area (Å²) in [5.74, 6) is -1.38. The SMILES string of the molecule is C[C@@H](OC(=O)Cc1n[nH]c(=O)c2ccccc12)C(=O)NCCc1ccc(F)cc1. The first-order valence-corrected chi connectivity index (χ1v) is 9.12. The van der Waals surface area contributed by atoms with Crippen LogP contribution >= 0.6 is 0 Å². The van der Waals surface area contributed by atoms with Crippen molar-refractivity contribution in [3.63, 3.8) is 0 Å². The number of hydrogen-bond donors (Lipinski definition) is 2. The molecule has 0 fully saturated rings. The molecular formula is C21H20FN3O4. The largest absolute Gasteiger partial charge is 0.452 e. The van der Waals surface area contributed by atoms with E-state index in [-0.39, 0.29) is 17.8 Å². The smallest absolute Gasteiger partial charge is 0.312 e. The molecular weight excluding hydrogens is 377 g/mol. The highest BCUT2D eigenvalue weighted by Crippen LogP contribution is 2.13. The maximum absolute atomic E-state index is 12.9. The van der Waals surface area contributed by atoms with Crippen molar-refractivity contribution in [2.24, 2.45) is 0 Å². The van der Waals surface area contributed by atoms with Crippen LogP contribution in [0.3, 0.4) is 0 Å². The topological polar surface area (TPSA) is 101 Å². The van der Waals surface area contributed by atoms with Crippen LogP contribution in [-0.2, 0) is 27.2 Å². The number of fused-ring (bicyclic) bond motifs is 1. The van der Waals surface area contributed by atoms with E-state index in [1.807, 2.05) is 0 Å². The Morgan fingerprint density at radius 1 is 1.14 bits per heavy atom. The Kier molecular flexibility index (Phi) is 6.33. The molecule has 29 heavy (non-hydrogen) atoms. The summed E-state index contributed by atoms with van der Waals surface area (Å²) >= 11 is 0. The van der Waals surface area contributed by atoms with Gasteiger partial charge in [-0.05, 0) is 37.1 Å². The van der Waals surface area contributed by atoms with E-state index in [9.17, 15) is 18.8 Å². The van der Waals surface area contributed by atoms with Crippen molar-refractivity contribution >= 4 is 22.6 Å². The van der Waals surface area contributed by atoms with Gasteiger partial charge in [-0.25, -0.2) is 9.49 Å². The van der Waals surface area contributed by atoms with Crippen molar-refractivity contribution in [3.8, 4) is 0 Å². The maximum atomic E-state index is 12.9.